The SMILES string of the molecule is CN(C(=O)OCC1=C(c2ccc(O)cc2)N=CCCO1)C1CCCC1. The number of amides is 1. The Bertz CT molecular complexity index is 661. The highest BCUT2D eigenvalue weighted by atomic mass is 16.6. The van der Waals surface area contributed by atoms with Crippen LogP contribution in [0.3, 0.4) is 0 Å². The van der Waals surface area contributed by atoms with Crippen molar-refractivity contribution in [1.82, 2.24) is 4.90 Å². The average molecular weight is 344 g/mol. The van der Waals surface area contributed by atoms with Crippen LogP contribution in [-0.2, 0) is 9.47 Å². The second-order valence-electron chi connectivity index (χ2n) is 6.37. The number of aliphatic imine (C=N–C) groups is 1. The third-order valence-corrected chi connectivity index (χ3v) is 4.64. The van der Waals surface area contributed by atoms with Gasteiger partial charge in [0.05, 0.1) is 6.61 Å². The monoisotopic (exact) mass is 344 g/mol. The van der Waals surface area contributed by atoms with Gasteiger partial charge in [-0.2, -0.15) is 0 Å². The topological polar surface area (TPSA) is 71.4 Å². The van der Waals surface area contributed by atoms with E-state index >= 15 is 0 Å². The van der Waals surface area contributed by atoms with Gasteiger partial charge in [-0.1, -0.05) is 12.8 Å². The fourth-order valence-corrected chi connectivity index (χ4v) is 3.17. The lowest BCUT2D eigenvalue weighted by Crippen LogP contribution is -2.36. The number of ether oxygens (including phenoxy) is 2. The van der Waals surface area contributed by atoms with Crippen molar-refractivity contribution in [1.29, 1.82) is 0 Å². The molecule has 0 radical (unpaired) electrons. The Hall–Kier alpha value is -2.50. The van der Waals surface area contributed by atoms with Crippen LogP contribution in [0.4, 0.5) is 4.79 Å². The molecule has 0 spiro atoms. The van der Waals surface area contributed by atoms with Gasteiger partial charge in [0.2, 0.25) is 0 Å². The number of carbonyl (C=O) groups excluding carboxylic acids is 1. The molecule has 2 aliphatic rings. The van der Waals surface area contributed by atoms with Crippen LogP contribution >= 0.6 is 0 Å². The standard InChI is InChI=1S/C19H24N2O4/c1-21(15-5-2-3-6-15)19(23)25-13-17-18(20-11-4-12-24-17)14-7-9-16(22)10-8-14/h7-11,15,22H,2-6,12-13H2,1H3. The highest BCUT2D eigenvalue weighted by Crippen LogP contribution is 2.26. The van der Waals surface area contributed by atoms with E-state index in [4.69, 9.17) is 9.47 Å². The minimum Gasteiger partial charge on any atom is -0.508 e. The summed E-state index contributed by atoms with van der Waals surface area (Å²) in [6.07, 6.45) is 6.55. The molecule has 1 aromatic rings. The number of phenolic OH excluding ortho intramolecular Hbond substituents is 1. The number of phenols is 1. The summed E-state index contributed by atoms with van der Waals surface area (Å²) in [6.45, 7) is 0.542. The second-order valence-corrected chi connectivity index (χ2v) is 6.37. The zero-order valence-corrected chi connectivity index (χ0v) is 14.5. The first-order valence-electron chi connectivity index (χ1n) is 8.72. The number of hydrogen-bond donors (Lipinski definition) is 1. The van der Waals surface area contributed by atoms with E-state index in [2.05, 4.69) is 4.99 Å². The summed E-state index contributed by atoms with van der Waals surface area (Å²) < 4.78 is 11.2. The van der Waals surface area contributed by atoms with Gasteiger partial charge in [0, 0.05) is 31.3 Å². The van der Waals surface area contributed by atoms with E-state index in [1.54, 1.807) is 42.4 Å². The van der Waals surface area contributed by atoms with Crippen LogP contribution < -0.4 is 0 Å². The quantitative estimate of drug-likeness (QED) is 0.906. The smallest absolute Gasteiger partial charge is 0.410 e. The third-order valence-electron chi connectivity index (χ3n) is 4.64. The summed E-state index contributed by atoms with van der Waals surface area (Å²) in [5, 5.41) is 9.46. The van der Waals surface area contributed by atoms with Gasteiger partial charge >= 0.3 is 6.09 Å². The van der Waals surface area contributed by atoms with Gasteiger partial charge in [0.15, 0.2) is 12.4 Å². The Balaban J connectivity index is 1.71. The largest absolute Gasteiger partial charge is 0.508 e. The molecular formula is C19H24N2O4. The molecule has 134 valence electrons. The molecular weight excluding hydrogens is 320 g/mol. The maximum atomic E-state index is 12.3. The molecule has 6 heteroatoms. The lowest BCUT2D eigenvalue weighted by Gasteiger charge is -2.24. The number of nitrogens with zero attached hydrogens (tertiary/aromatic N) is 2. The molecule has 0 bridgehead atoms. The summed E-state index contributed by atoms with van der Waals surface area (Å²) in [6, 6.07) is 7.00. The van der Waals surface area contributed by atoms with Crippen LogP contribution in [0.1, 0.15) is 37.7 Å². The van der Waals surface area contributed by atoms with Crippen molar-refractivity contribution in [2.75, 3.05) is 20.3 Å². The van der Waals surface area contributed by atoms with Crippen LogP contribution in [0.2, 0.25) is 0 Å². The molecule has 1 heterocycles. The van der Waals surface area contributed by atoms with E-state index in [9.17, 15) is 9.90 Å². The number of hydrogen-bond acceptors (Lipinski definition) is 5. The lowest BCUT2D eigenvalue weighted by atomic mass is 10.1. The van der Waals surface area contributed by atoms with E-state index in [1.165, 1.54) is 0 Å². The number of carbonyl (C=O) groups is 1. The molecule has 3 rings (SSSR count). The van der Waals surface area contributed by atoms with Crippen molar-refractivity contribution in [3.63, 3.8) is 0 Å². The van der Waals surface area contributed by atoms with E-state index in [-0.39, 0.29) is 24.5 Å². The molecule has 0 saturated heterocycles. The van der Waals surface area contributed by atoms with Crippen molar-refractivity contribution in [2.24, 2.45) is 4.99 Å². The molecule has 1 aromatic carbocycles. The van der Waals surface area contributed by atoms with Crippen molar-refractivity contribution in [3.8, 4) is 5.75 Å². The molecule has 0 unspecified atom stereocenters. The zero-order chi connectivity index (χ0) is 17.6. The minimum absolute atomic E-state index is 0.0451. The Morgan fingerprint density at radius 2 is 2.04 bits per heavy atom. The van der Waals surface area contributed by atoms with E-state index in [0.29, 0.717) is 24.5 Å². The Kier molecular flexibility index (Phi) is 5.58. The zero-order valence-electron chi connectivity index (χ0n) is 14.5. The summed E-state index contributed by atoms with van der Waals surface area (Å²) in [7, 11) is 1.79. The predicted molar refractivity (Wildman–Crippen MR) is 95.5 cm³/mol. The maximum absolute atomic E-state index is 12.3. The summed E-state index contributed by atoms with van der Waals surface area (Å²) in [5.74, 6) is 0.724. The number of rotatable bonds is 4. The van der Waals surface area contributed by atoms with Crippen molar-refractivity contribution in [3.05, 3.63) is 35.6 Å². The molecule has 1 aliphatic carbocycles. The summed E-state index contributed by atoms with van der Waals surface area (Å²) >= 11 is 0. The fraction of sp³-hybridized carbons (Fsp3) is 0.474. The van der Waals surface area contributed by atoms with Crippen molar-refractivity contribution in [2.45, 2.75) is 38.1 Å². The Morgan fingerprint density at radius 3 is 2.76 bits per heavy atom. The van der Waals surface area contributed by atoms with Crippen LogP contribution in [0, 0.1) is 0 Å². The number of aromatic hydroxyl groups is 1. The Morgan fingerprint density at radius 1 is 1.32 bits per heavy atom. The molecule has 1 N–H and O–H groups in total. The molecule has 1 amide bonds. The van der Waals surface area contributed by atoms with Gasteiger partial charge < -0.3 is 19.5 Å². The van der Waals surface area contributed by atoms with Crippen molar-refractivity contribution < 1.29 is 19.4 Å². The van der Waals surface area contributed by atoms with E-state index < -0.39 is 0 Å². The molecule has 0 aromatic heterocycles. The highest BCUT2D eigenvalue weighted by Gasteiger charge is 2.25. The molecule has 0 atom stereocenters. The highest BCUT2D eigenvalue weighted by molar-refractivity contribution is 5.76. The molecule has 6 nitrogen and oxygen atoms in total. The van der Waals surface area contributed by atoms with Gasteiger partial charge in [-0.25, -0.2) is 4.79 Å². The third kappa shape index (κ3) is 4.32. The van der Waals surface area contributed by atoms with Gasteiger partial charge in [-0.15, -0.1) is 0 Å². The lowest BCUT2D eigenvalue weighted by molar-refractivity contribution is 0.0861. The normalized spacial score (nSPS) is 18.0. The summed E-state index contributed by atoms with van der Waals surface area (Å²) in [4.78, 5) is 18.4. The van der Waals surface area contributed by atoms with E-state index in [1.807, 2.05) is 0 Å². The van der Waals surface area contributed by atoms with Crippen LogP contribution in [0.5, 0.6) is 5.75 Å². The first kappa shape index (κ1) is 17.3. The molecule has 25 heavy (non-hydrogen) atoms. The molecule has 1 fully saturated rings. The van der Waals surface area contributed by atoms with Gasteiger partial charge in [-0.05, 0) is 37.1 Å². The fourth-order valence-electron chi connectivity index (χ4n) is 3.17. The van der Waals surface area contributed by atoms with Crippen LogP contribution in [0.25, 0.3) is 5.70 Å². The molecule has 1 saturated carbocycles. The maximum Gasteiger partial charge on any atom is 0.410 e. The second kappa shape index (κ2) is 8.05. The first-order valence-corrected chi connectivity index (χ1v) is 8.72. The van der Waals surface area contributed by atoms with Crippen molar-refractivity contribution >= 4 is 18.0 Å². The average Bonchev–Trinajstić information content (AvgIpc) is 3.06. The van der Waals surface area contributed by atoms with E-state index in [0.717, 1.165) is 31.2 Å². The minimum atomic E-state index is -0.332. The van der Waals surface area contributed by atoms with Crippen LogP contribution in [-0.4, -0.2) is 48.6 Å². The number of benzene rings is 1. The predicted octanol–water partition coefficient (Wildman–Crippen LogP) is 3.56. The van der Waals surface area contributed by atoms with Gasteiger partial charge in [-0.3, -0.25) is 4.99 Å². The van der Waals surface area contributed by atoms with Gasteiger partial charge in [0.25, 0.3) is 0 Å². The molecule has 1 aliphatic heterocycles. The van der Waals surface area contributed by atoms with Gasteiger partial charge in [0.1, 0.15) is 11.4 Å². The Labute approximate surface area is 147 Å². The first-order chi connectivity index (χ1) is 12.1. The summed E-state index contributed by atoms with van der Waals surface area (Å²) in [5.41, 5.74) is 1.44. The van der Waals surface area contributed by atoms with Crippen LogP contribution in [0.15, 0.2) is 35.0 Å².